The summed E-state index contributed by atoms with van der Waals surface area (Å²) in [7, 11) is 0. The second-order valence-electron chi connectivity index (χ2n) is 9.99. The molecule has 176 valence electrons. The fraction of sp³-hybridized carbons (Fsp3) is 0.600. The van der Waals surface area contributed by atoms with Crippen molar-refractivity contribution in [1.82, 2.24) is 0 Å². The van der Waals surface area contributed by atoms with E-state index < -0.39 is 6.10 Å². The molecule has 0 aromatic carbocycles. The topological polar surface area (TPSA) is 20.2 Å². The molecule has 0 saturated carbocycles. The number of rotatable bonds is 15. The molecule has 2 atom stereocenters. The second-order valence-corrected chi connectivity index (χ2v) is 9.99. The first-order valence-electron chi connectivity index (χ1n) is 12.1. The highest BCUT2D eigenvalue weighted by molar-refractivity contribution is 5.13. The minimum Gasteiger partial charge on any atom is -0.388 e. The van der Waals surface area contributed by atoms with Crippen molar-refractivity contribution in [2.24, 2.45) is 5.41 Å². The minimum atomic E-state index is -0.493. The van der Waals surface area contributed by atoms with Crippen molar-refractivity contribution in [2.75, 3.05) is 0 Å². The van der Waals surface area contributed by atoms with E-state index in [2.05, 4.69) is 86.3 Å². The molecule has 0 aliphatic heterocycles. The fourth-order valence-corrected chi connectivity index (χ4v) is 3.47. The monoisotopic (exact) mass is 426 g/mol. The van der Waals surface area contributed by atoms with Crippen LogP contribution in [0, 0.1) is 5.41 Å². The van der Waals surface area contributed by atoms with Crippen molar-refractivity contribution in [3.8, 4) is 0 Å². The van der Waals surface area contributed by atoms with Gasteiger partial charge in [0.2, 0.25) is 0 Å². The minimum absolute atomic E-state index is 0.298. The van der Waals surface area contributed by atoms with Gasteiger partial charge in [0.05, 0.1) is 6.10 Å². The van der Waals surface area contributed by atoms with Crippen molar-refractivity contribution < 1.29 is 5.11 Å². The van der Waals surface area contributed by atoms with Gasteiger partial charge in [-0.25, -0.2) is 0 Å². The van der Waals surface area contributed by atoms with E-state index in [0.29, 0.717) is 0 Å². The molecular formula is C30H50O. The zero-order chi connectivity index (χ0) is 23.9. The SMILES string of the molecule is C=C[C@](C)(CC/C=C(\C)CCC=C(C)C)C(O)/C=C(\C)CC/C=C(\C)CCC=C(C)C. The van der Waals surface area contributed by atoms with Gasteiger partial charge in [-0.05, 0) is 99.8 Å². The smallest absolute Gasteiger partial charge is 0.0811 e. The summed E-state index contributed by atoms with van der Waals surface area (Å²) in [6.07, 6.45) is 21.1. The third-order valence-corrected chi connectivity index (χ3v) is 5.97. The molecule has 0 spiro atoms. The summed E-state index contributed by atoms with van der Waals surface area (Å²) in [5, 5.41) is 10.9. The lowest BCUT2D eigenvalue weighted by Crippen LogP contribution is -2.28. The summed E-state index contributed by atoms with van der Waals surface area (Å²) in [6, 6.07) is 0. The molecule has 0 heterocycles. The maximum Gasteiger partial charge on any atom is 0.0811 e. The molecule has 0 amide bonds. The van der Waals surface area contributed by atoms with Crippen LogP contribution in [0.25, 0.3) is 0 Å². The number of aliphatic hydroxyl groups excluding tert-OH is 1. The molecule has 0 rings (SSSR count). The molecule has 0 radical (unpaired) electrons. The fourth-order valence-electron chi connectivity index (χ4n) is 3.47. The summed E-state index contributed by atoms with van der Waals surface area (Å²) in [5.41, 5.74) is 6.60. The van der Waals surface area contributed by atoms with Crippen LogP contribution in [0.5, 0.6) is 0 Å². The summed E-state index contributed by atoms with van der Waals surface area (Å²) < 4.78 is 0. The van der Waals surface area contributed by atoms with Gasteiger partial charge >= 0.3 is 0 Å². The quantitative estimate of drug-likeness (QED) is 0.258. The predicted molar refractivity (Wildman–Crippen MR) is 141 cm³/mol. The molecule has 1 unspecified atom stereocenters. The lowest BCUT2D eigenvalue weighted by molar-refractivity contribution is 0.106. The molecule has 31 heavy (non-hydrogen) atoms. The lowest BCUT2D eigenvalue weighted by atomic mass is 9.79. The van der Waals surface area contributed by atoms with Gasteiger partial charge in [0.15, 0.2) is 0 Å². The number of allylic oxidation sites excluding steroid dienone is 9. The maximum atomic E-state index is 10.9. The molecule has 0 aromatic rings. The third kappa shape index (κ3) is 14.9. The highest BCUT2D eigenvalue weighted by atomic mass is 16.3. The van der Waals surface area contributed by atoms with E-state index in [0.717, 1.165) is 51.4 Å². The van der Waals surface area contributed by atoms with Gasteiger partial charge in [-0.2, -0.15) is 0 Å². The molecule has 0 bridgehead atoms. The second kappa shape index (κ2) is 16.1. The van der Waals surface area contributed by atoms with Gasteiger partial charge in [-0.3, -0.25) is 0 Å². The average Bonchev–Trinajstić information content (AvgIpc) is 2.67. The number of aliphatic hydroxyl groups is 1. The molecule has 0 aliphatic carbocycles. The van der Waals surface area contributed by atoms with Crippen molar-refractivity contribution in [2.45, 2.75) is 113 Å². The van der Waals surface area contributed by atoms with Crippen LogP contribution in [-0.4, -0.2) is 11.2 Å². The summed E-state index contributed by atoms with van der Waals surface area (Å²) >= 11 is 0. The first-order valence-corrected chi connectivity index (χ1v) is 12.1. The molecule has 1 N–H and O–H groups in total. The molecule has 0 fully saturated rings. The first-order chi connectivity index (χ1) is 14.5. The van der Waals surface area contributed by atoms with Gasteiger partial charge in [-0.1, -0.05) is 71.2 Å². The Morgan fingerprint density at radius 2 is 1.13 bits per heavy atom. The van der Waals surface area contributed by atoms with Crippen molar-refractivity contribution >= 4 is 0 Å². The summed E-state index contributed by atoms with van der Waals surface area (Å²) in [4.78, 5) is 0. The van der Waals surface area contributed by atoms with E-state index in [-0.39, 0.29) is 5.41 Å². The summed E-state index contributed by atoms with van der Waals surface area (Å²) in [6.45, 7) is 21.3. The molecule has 0 saturated heterocycles. The third-order valence-electron chi connectivity index (χ3n) is 5.97. The number of hydrogen-bond acceptors (Lipinski definition) is 1. The predicted octanol–water partition coefficient (Wildman–Crippen LogP) is 9.43. The van der Waals surface area contributed by atoms with Crippen LogP contribution in [0.1, 0.15) is 107 Å². The lowest BCUT2D eigenvalue weighted by Gasteiger charge is -2.30. The Bertz CT molecular complexity index is 675. The van der Waals surface area contributed by atoms with E-state index in [1.807, 2.05) is 12.2 Å². The largest absolute Gasteiger partial charge is 0.388 e. The Balaban J connectivity index is 4.67. The Labute approximate surface area is 194 Å². The Morgan fingerprint density at radius 1 is 0.710 bits per heavy atom. The van der Waals surface area contributed by atoms with Crippen LogP contribution in [-0.2, 0) is 0 Å². The zero-order valence-electron chi connectivity index (χ0n) is 21.9. The van der Waals surface area contributed by atoms with Crippen LogP contribution >= 0.6 is 0 Å². The zero-order valence-corrected chi connectivity index (χ0v) is 21.9. The van der Waals surface area contributed by atoms with Gasteiger partial charge in [0, 0.05) is 5.41 Å². The van der Waals surface area contributed by atoms with Crippen molar-refractivity contribution in [3.05, 3.63) is 70.9 Å². The van der Waals surface area contributed by atoms with Gasteiger partial charge in [-0.15, -0.1) is 6.58 Å². The van der Waals surface area contributed by atoms with E-state index in [9.17, 15) is 5.11 Å². The molecule has 0 aromatic heterocycles. The summed E-state index contributed by atoms with van der Waals surface area (Å²) in [5.74, 6) is 0. The normalized spacial score (nSPS) is 15.8. The first kappa shape index (κ1) is 29.4. The Morgan fingerprint density at radius 3 is 1.58 bits per heavy atom. The molecule has 1 nitrogen and oxygen atoms in total. The van der Waals surface area contributed by atoms with E-state index in [1.165, 1.54) is 27.9 Å². The standard InChI is InChI=1S/C30H50O/c1-10-30(9,22-14-21-27(7)18-12-16-25(4)5)29(31)23-28(8)20-13-19-26(6)17-11-15-24(2)3/h10,15-16,19,21,23,29,31H,1,11-14,17-18,20,22H2,2-9H3/b26-19+,27-21+,28-23+/t29?,30-/m1/s1. The van der Waals surface area contributed by atoms with Crippen molar-refractivity contribution in [3.63, 3.8) is 0 Å². The average molecular weight is 427 g/mol. The highest BCUT2D eigenvalue weighted by Gasteiger charge is 2.27. The van der Waals surface area contributed by atoms with Crippen LogP contribution in [0.2, 0.25) is 0 Å². The van der Waals surface area contributed by atoms with E-state index >= 15 is 0 Å². The van der Waals surface area contributed by atoms with Crippen LogP contribution < -0.4 is 0 Å². The van der Waals surface area contributed by atoms with Gasteiger partial charge in [0.1, 0.15) is 0 Å². The van der Waals surface area contributed by atoms with Crippen LogP contribution in [0.4, 0.5) is 0 Å². The van der Waals surface area contributed by atoms with E-state index in [1.54, 1.807) is 0 Å². The van der Waals surface area contributed by atoms with Crippen molar-refractivity contribution in [1.29, 1.82) is 0 Å². The van der Waals surface area contributed by atoms with Crippen LogP contribution in [0.15, 0.2) is 70.9 Å². The van der Waals surface area contributed by atoms with Gasteiger partial charge in [0.25, 0.3) is 0 Å². The highest BCUT2D eigenvalue weighted by Crippen LogP contribution is 2.31. The Kier molecular flexibility index (Phi) is 15.3. The van der Waals surface area contributed by atoms with E-state index in [4.69, 9.17) is 0 Å². The number of hydrogen-bond donors (Lipinski definition) is 1. The van der Waals surface area contributed by atoms with Gasteiger partial charge < -0.3 is 5.11 Å². The molecule has 0 aliphatic rings. The maximum absolute atomic E-state index is 10.9. The molecule has 1 heteroatoms. The Hall–Kier alpha value is -1.60. The van der Waals surface area contributed by atoms with Crippen LogP contribution in [0.3, 0.4) is 0 Å². The molecular weight excluding hydrogens is 376 g/mol.